The minimum Gasteiger partial charge on any atom is -0.505 e. The van der Waals surface area contributed by atoms with Crippen molar-refractivity contribution < 1.29 is 14.6 Å². The van der Waals surface area contributed by atoms with Gasteiger partial charge in [0.1, 0.15) is 11.5 Å². The minimum absolute atomic E-state index is 0.0197. The number of aliphatic hydroxyl groups excluding tert-OH is 1. The maximum absolute atomic E-state index is 12.1. The quantitative estimate of drug-likeness (QED) is 0.891. The average molecular weight is 307 g/mol. The average Bonchev–Trinajstić information content (AvgIpc) is 2.83. The zero-order valence-electron chi connectivity index (χ0n) is 12.7. The van der Waals surface area contributed by atoms with E-state index in [0.717, 1.165) is 6.42 Å². The first-order valence-corrected chi connectivity index (χ1v) is 7.47. The molecule has 0 fully saturated rings. The largest absolute Gasteiger partial charge is 0.505 e. The number of hydrogen-bond donors (Lipinski definition) is 2. The molecule has 3 rings (SSSR count). The van der Waals surface area contributed by atoms with Gasteiger partial charge < -0.3 is 15.2 Å². The van der Waals surface area contributed by atoms with Crippen molar-refractivity contribution in [1.29, 1.82) is 0 Å². The highest BCUT2D eigenvalue weighted by molar-refractivity contribution is 6.24. The first kappa shape index (κ1) is 14.9. The number of ether oxygens (including phenoxy) is 1. The van der Waals surface area contributed by atoms with E-state index in [1.54, 1.807) is 24.3 Å². The lowest BCUT2D eigenvalue weighted by Gasteiger charge is -2.07. The Labute approximate surface area is 134 Å². The third-order valence-corrected chi connectivity index (χ3v) is 3.48. The van der Waals surface area contributed by atoms with Gasteiger partial charge in [-0.25, -0.2) is 0 Å². The molecule has 0 aliphatic carbocycles. The molecule has 1 aliphatic heterocycles. The molecule has 116 valence electrons. The Bertz CT molecular complexity index is 791. The van der Waals surface area contributed by atoms with E-state index in [0.29, 0.717) is 22.8 Å². The van der Waals surface area contributed by atoms with Crippen molar-refractivity contribution in [2.24, 2.45) is 0 Å². The molecule has 2 aromatic rings. The van der Waals surface area contributed by atoms with E-state index in [9.17, 15) is 9.90 Å². The molecule has 4 nitrogen and oxygen atoms in total. The monoisotopic (exact) mass is 307 g/mol. The molecule has 1 heterocycles. The zero-order valence-corrected chi connectivity index (χ0v) is 12.7. The fourth-order valence-electron chi connectivity index (χ4n) is 2.45. The molecule has 0 unspecified atom stereocenters. The van der Waals surface area contributed by atoms with Crippen molar-refractivity contribution in [3.05, 3.63) is 77.7 Å². The summed E-state index contributed by atoms with van der Waals surface area (Å²) in [7, 11) is 0. The third kappa shape index (κ3) is 3.11. The van der Waals surface area contributed by atoms with Crippen LogP contribution in [-0.4, -0.2) is 11.0 Å². The number of amides is 1. The smallest absolute Gasteiger partial charge is 0.260 e. The lowest BCUT2D eigenvalue weighted by atomic mass is 10.0. The topological polar surface area (TPSA) is 58.6 Å². The Balaban J connectivity index is 1.94. The van der Waals surface area contributed by atoms with Gasteiger partial charge in [0.25, 0.3) is 5.91 Å². The van der Waals surface area contributed by atoms with Crippen LogP contribution >= 0.6 is 0 Å². The first-order chi connectivity index (χ1) is 11.2. The van der Waals surface area contributed by atoms with Crippen LogP contribution in [0.15, 0.2) is 72.1 Å². The Morgan fingerprint density at radius 2 is 1.83 bits per heavy atom. The fraction of sp³-hybridized carbons (Fsp3) is 0.105. The molecule has 4 heteroatoms. The van der Waals surface area contributed by atoms with Crippen molar-refractivity contribution in [2.45, 2.75) is 13.3 Å². The second-order valence-corrected chi connectivity index (χ2v) is 5.15. The van der Waals surface area contributed by atoms with Gasteiger partial charge in [0.05, 0.1) is 11.3 Å². The maximum Gasteiger partial charge on any atom is 0.260 e. The van der Waals surface area contributed by atoms with Crippen LogP contribution in [0.1, 0.15) is 18.9 Å². The number of aliphatic hydroxyl groups is 1. The fourth-order valence-corrected chi connectivity index (χ4v) is 2.45. The van der Waals surface area contributed by atoms with Gasteiger partial charge in [-0.3, -0.25) is 4.79 Å². The second-order valence-electron chi connectivity index (χ2n) is 5.15. The van der Waals surface area contributed by atoms with Crippen LogP contribution in [0, 0.1) is 0 Å². The van der Waals surface area contributed by atoms with Gasteiger partial charge in [0, 0.05) is 0 Å². The van der Waals surface area contributed by atoms with Crippen LogP contribution in [0.2, 0.25) is 0 Å². The van der Waals surface area contributed by atoms with Gasteiger partial charge in [-0.2, -0.15) is 0 Å². The van der Waals surface area contributed by atoms with E-state index in [1.807, 2.05) is 43.3 Å². The van der Waals surface area contributed by atoms with E-state index in [4.69, 9.17) is 4.74 Å². The summed E-state index contributed by atoms with van der Waals surface area (Å²) < 4.78 is 5.77. The summed E-state index contributed by atoms with van der Waals surface area (Å²) in [5.41, 5.74) is 1.35. The zero-order chi connectivity index (χ0) is 16.2. The van der Waals surface area contributed by atoms with E-state index in [-0.39, 0.29) is 17.2 Å². The molecule has 0 radical (unpaired) electrons. The molecule has 2 N–H and O–H groups in total. The lowest BCUT2D eigenvalue weighted by Crippen LogP contribution is -2.15. The third-order valence-electron chi connectivity index (χ3n) is 3.48. The van der Waals surface area contributed by atoms with E-state index in [2.05, 4.69) is 5.32 Å². The Morgan fingerprint density at radius 3 is 2.57 bits per heavy atom. The highest BCUT2D eigenvalue weighted by Crippen LogP contribution is 2.30. The van der Waals surface area contributed by atoms with Gasteiger partial charge in [-0.15, -0.1) is 0 Å². The van der Waals surface area contributed by atoms with Crippen LogP contribution in [0.4, 0.5) is 0 Å². The predicted molar refractivity (Wildman–Crippen MR) is 89.0 cm³/mol. The van der Waals surface area contributed by atoms with Crippen molar-refractivity contribution in [3.8, 4) is 11.5 Å². The summed E-state index contributed by atoms with van der Waals surface area (Å²) in [6.45, 7) is 1.94. The number of allylic oxidation sites excluding steroid dienone is 1. The van der Waals surface area contributed by atoms with Crippen LogP contribution in [-0.2, 0) is 4.79 Å². The number of hydrogen-bond acceptors (Lipinski definition) is 3. The highest BCUT2D eigenvalue weighted by atomic mass is 16.5. The van der Waals surface area contributed by atoms with Crippen molar-refractivity contribution >= 4 is 11.5 Å². The molecule has 2 aromatic carbocycles. The Kier molecular flexibility index (Phi) is 4.15. The van der Waals surface area contributed by atoms with Crippen LogP contribution in [0.25, 0.3) is 5.57 Å². The van der Waals surface area contributed by atoms with E-state index >= 15 is 0 Å². The molecule has 1 amide bonds. The second kappa shape index (κ2) is 6.40. The summed E-state index contributed by atoms with van der Waals surface area (Å²) in [5, 5.41) is 13.0. The number of nitrogens with one attached hydrogen (secondary N) is 1. The van der Waals surface area contributed by atoms with Crippen molar-refractivity contribution in [1.82, 2.24) is 5.32 Å². The van der Waals surface area contributed by atoms with Gasteiger partial charge in [-0.05, 0) is 36.2 Å². The molecule has 23 heavy (non-hydrogen) atoms. The van der Waals surface area contributed by atoms with Gasteiger partial charge in [0.15, 0.2) is 5.76 Å². The number of para-hydroxylation sites is 1. The highest BCUT2D eigenvalue weighted by Gasteiger charge is 2.28. The standard InChI is InChI=1S/C19H17NO3/c1-2-7-16-18(21)17(19(22)20-16)13-8-6-11-15(12-13)23-14-9-4-3-5-10-14/h3-12,21H,2H2,1H3,(H,20,22)/b16-7+. The normalized spacial score (nSPS) is 15.9. The molecule has 0 saturated heterocycles. The molecular weight excluding hydrogens is 290 g/mol. The lowest BCUT2D eigenvalue weighted by molar-refractivity contribution is -0.114. The minimum atomic E-state index is -0.306. The first-order valence-electron chi connectivity index (χ1n) is 7.47. The summed E-state index contributed by atoms with van der Waals surface area (Å²) in [6, 6.07) is 16.5. The predicted octanol–water partition coefficient (Wildman–Crippen LogP) is 4.17. The number of benzene rings is 2. The summed E-state index contributed by atoms with van der Waals surface area (Å²) in [4.78, 5) is 12.1. The van der Waals surface area contributed by atoms with Gasteiger partial charge in [-0.1, -0.05) is 43.3 Å². The van der Waals surface area contributed by atoms with Gasteiger partial charge in [0.2, 0.25) is 0 Å². The van der Waals surface area contributed by atoms with Crippen LogP contribution in [0.3, 0.4) is 0 Å². The summed E-state index contributed by atoms with van der Waals surface area (Å²) >= 11 is 0. The molecule has 0 bridgehead atoms. The Morgan fingerprint density at radius 1 is 1.09 bits per heavy atom. The summed E-state index contributed by atoms with van der Waals surface area (Å²) in [5.74, 6) is 0.993. The molecule has 0 atom stereocenters. The van der Waals surface area contributed by atoms with Gasteiger partial charge >= 0.3 is 0 Å². The molecular formula is C19H17NO3. The van der Waals surface area contributed by atoms with Crippen LogP contribution < -0.4 is 10.1 Å². The molecule has 0 saturated carbocycles. The number of carbonyl (C=O) groups is 1. The molecule has 0 spiro atoms. The number of carbonyl (C=O) groups excluding carboxylic acids is 1. The van der Waals surface area contributed by atoms with E-state index in [1.165, 1.54) is 0 Å². The SMILES string of the molecule is CC/C=C1/NC(=O)C(c2cccc(Oc3ccccc3)c2)=C1O. The van der Waals surface area contributed by atoms with Crippen molar-refractivity contribution in [2.75, 3.05) is 0 Å². The van der Waals surface area contributed by atoms with Crippen molar-refractivity contribution in [3.63, 3.8) is 0 Å². The van der Waals surface area contributed by atoms with Crippen LogP contribution in [0.5, 0.6) is 11.5 Å². The summed E-state index contributed by atoms with van der Waals surface area (Å²) in [6.07, 6.45) is 2.51. The molecule has 0 aromatic heterocycles. The maximum atomic E-state index is 12.1. The van der Waals surface area contributed by atoms with E-state index < -0.39 is 0 Å². The Hall–Kier alpha value is -3.01. The molecule has 1 aliphatic rings. The number of rotatable bonds is 4.